The van der Waals surface area contributed by atoms with Crippen molar-refractivity contribution in [1.82, 2.24) is 29.4 Å². The van der Waals surface area contributed by atoms with Crippen LogP contribution in [0.1, 0.15) is 29.3 Å². The summed E-state index contributed by atoms with van der Waals surface area (Å²) in [6, 6.07) is 18.5. The lowest BCUT2D eigenvalue weighted by molar-refractivity contribution is -0.888. The summed E-state index contributed by atoms with van der Waals surface area (Å²) >= 11 is 0. The number of carbonyl (C=O) groups is 2. The van der Waals surface area contributed by atoms with E-state index in [1.54, 1.807) is 48.2 Å². The summed E-state index contributed by atoms with van der Waals surface area (Å²) in [6.07, 6.45) is -2.41. The third-order valence-corrected chi connectivity index (χ3v) is 10.1. The van der Waals surface area contributed by atoms with E-state index in [0.29, 0.717) is 24.5 Å². The molecule has 1 aliphatic rings. The highest BCUT2D eigenvalue weighted by Crippen LogP contribution is 2.31. The molecule has 1 N–H and O–H groups in total. The monoisotopic (exact) mass is 792 g/mol. The van der Waals surface area contributed by atoms with Crippen LogP contribution in [0.5, 0.6) is 0 Å². The highest BCUT2D eigenvalue weighted by molar-refractivity contribution is 7.85. The molecule has 0 bridgehead atoms. The second-order valence-electron chi connectivity index (χ2n) is 13.7. The summed E-state index contributed by atoms with van der Waals surface area (Å²) in [6.45, 7) is 11.5. The molecule has 14 nitrogen and oxygen atoms in total. The first kappa shape index (κ1) is 41.1. The van der Waals surface area contributed by atoms with Gasteiger partial charge in [0.1, 0.15) is 27.4 Å². The molecule has 2 amide bonds. The molecule has 6 rings (SSSR count). The van der Waals surface area contributed by atoms with Crippen LogP contribution in [-0.4, -0.2) is 99.6 Å². The molecule has 1 fully saturated rings. The van der Waals surface area contributed by atoms with Crippen LogP contribution in [0.15, 0.2) is 101 Å². The van der Waals surface area contributed by atoms with E-state index in [-0.39, 0.29) is 33.4 Å². The number of hydrogen-bond acceptors (Lipinski definition) is 7. The molecule has 0 spiro atoms. The number of benzene rings is 3. The van der Waals surface area contributed by atoms with Gasteiger partial charge in [-0.3, -0.25) is 19.1 Å². The minimum Gasteiger partial charge on any atom is -0.744 e. The third kappa shape index (κ3) is 9.25. The van der Waals surface area contributed by atoms with Gasteiger partial charge in [-0.2, -0.15) is 18.3 Å². The summed E-state index contributed by atoms with van der Waals surface area (Å²) in [5, 5.41) is 7.04. The fourth-order valence-corrected chi connectivity index (χ4v) is 6.77. The predicted octanol–water partition coefficient (Wildman–Crippen LogP) is 4.62. The lowest BCUT2D eigenvalue weighted by Crippen LogP contribution is -2.49. The molecule has 3 heterocycles. The number of hydrogen-bond donors (Lipinski definition) is 1. The van der Waals surface area contributed by atoms with Crippen LogP contribution >= 0.6 is 0 Å². The fourth-order valence-electron chi connectivity index (χ4n) is 6.28. The van der Waals surface area contributed by atoms with Crippen LogP contribution in [0.25, 0.3) is 27.6 Å². The molecule has 5 aromatic rings. The number of alkyl halides is 3. The van der Waals surface area contributed by atoms with Crippen molar-refractivity contribution in [2.75, 3.05) is 40.3 Å². The van der Waals surface area contributed by atoms with E-state index < -0.39 is 39.4 Å². The summed E-state index contributed by atoms with van der Waals surface area (Å²) in [7, 11) is 1.39. The van der Waals surface area contributed by atoms with Crippen LogP contribution < -0.4 is 10.9 Å². The van der Waals surface area contributed by atoms with E-state index >= 15 is 0 Å². The predicted molar refractivity (Wildman–Crippen MR) is 199 cm³/mol. The van der Waals surface area contributed by atoms with Crippen molar-refractivity contribution in [3.8, 4) is 22.8 Å². The number of halogens is 3. The molecular formula is C38H39F3N8O6S. The van der Waals surface area contributed by atoms with Gasteiger partial charge in [0.15, 0.2) is 5.69 Å². The molecule has 3 aromatic carbocycles. The number of rotatable bonds is 7. The Balaban J connectivity index is 0.000000522. The summed E-state index contributed by atoms with van der Waals surface area (Å²) in [5.41, 5.74) is -1.04. The molecule has 0 radical (unpaired) electrons. The van der Waals surface area contributed by atoms with Gasteiger partial charge in [-0.25, -0.2) is 22.6 Å². The van der Waals surface area contributed by atoms with Gasteiger partial charge in [-0.05, 0) is 55.5 Å². The number of likely N-dealkylation sites (N-methyl/N-ethyl adjacent to an activating group) is 1. The van der Waals surface area contributed by atoms with Crippen molar-refractivity contribution in [2.24, 2.45) is 7.05 Å². The maximum absolute atomic E-state index is 14.0. The van der Waals surface area contributed by atoms with Gasteiger partial charge in [0.25, 0.3) is 11.5 Å². The number of nitrogens with one attached hydrogen (secondary N) is 1. The zero-order valence-electron chi connectivity index (χ0n) is 30.9. The Morgan fingerprint density at radius 1 is 0.964 bits per heavy atom. The Kier molecular flexibility index (Phi) is 12.0. The lowest BCUT2D eigenvalue weighted by Gasteiger charge is -2.28. The Morgan fingerprint density at radius 3 is 2.25 bits per heavy atom. The molecule has 1 aliphatic heterocycles. The van der Waals surface area contributed by atoms with Crippen LogP contribution in [0.4, 0.5) is 18.9 Å². The van der Waals surface area contributed by atoms with Gasteiger partial charge in [0, 0.05) is 20.0 Å². The van der Waals surface area contributed by atoms with Gasteiger partial charge < -0.3 is 19.3 Å². The highest BCUT2D eigenvalue weighted by Gasteiger charge is 2.34. The number of carbonyl (C=O) groups excluding carboxylic acids is 2. The molecular weight excluding hydrogens is 754 g/mol. The molecule has 0 saturated carbocycles. The van der Waals surface area contributed by atoms with E-state index in [4.69, 9.17) is 6.57 Å². The Hall–Kier alpha value is -6.03. The lowest BCUT2D eigenvalue weighted by atomic mass is 10.1. The standard InChI is InChI=1S/C32H33F3N8O3.C6H6O3S/c1-21(30(45)40-16-7-18-43(4,5)19-17-40)38-29(44)27-28(26-14-15-37-41(26)24-12-10-23(36-2)11-13-24)39(3)42(31(27)46)25-9-6-8-22(20-25)32(33,34)35;7-10(8,9)6-4-2-1-3-5-6/h6,8-15,20-21H,7,16-19H2,1,3-5H3;1-5H,(H,7,8,9)/t21-;/m0./s1. The van der Waals surface area contributed by atoms with Crippen molar-refractivity contribution in [3.05, 3.63) is 124 Å². The van der Waals surface area contributed by atoms with E-state index in [9.17, 15) is 40.5 Å². The number of nitrogens with zero attached hydrogens (tertiary/aromatic N) is 7. The van der Waals surface area contributed by atoms with Gasteiger partial charge in [0.2, 0.25) is 5.91 Å². The number of quaternary nitrogens is 1. The number of aromatic nitrogens is 4. The van der Waals surface area contributed by atoms with Crippen molar-refractivity contribution < 1.29 is 40.2 Å². The van der Waals surface area contributed by atoms with Crippen LogP contribution in [0, 0.1) is 6.57 Å². The second-order valence-corrected chi connectivity index (χ2v) is 15.1. The van der Waals surface area contributed by atoms with Crippen molar-refractivity contribution in [2.45, 2.75) is 30.5 Å². The largest absolute Gasteiger partial charge is 0.744 e. The summed E-state index contributed by atoms with van der Waals surface area (Å²) in [4.78, 5) is 46.3. The SMILES string of the molecule is O=S(=O)([O-])c1ccccc1.[C-]#[N+]c1ccc(-n2nccc2-c2c(C(=O)N[C@@H](C)C(=O)N3CCC[N+](C)(C)CC3)c(=O)n(-c3cccc(C(F)(F)F)c3)n2C)cc1. The molecule has 1 saturated heterocycles. The van der Waals surface area contributed by atoms with Gasteiger partial charge in [0.05, 0.1) is 74.0 Å². The molecule has 294 valence electrons. The van der Waals surface area contributed by atoms with Crippen molar-refractivity contribution >= 4 is 27.6 Å². The van der Waals surface area contributed by atoms with E-state index in [2.05, 4.69) is 29.4 Å². The Bertz CT molecular complexity index is 2430. The molecule has 1 atom stereocenters. The average molecular weight is 793 g/mol. The summed E-state index contributed by atoms with van der Waals surface area (Å²) < 4.78 is 76.2. The van der Waals surface area contributed by atoms with Crippen molar-refractivity contribution in [1.29, 1.82) is 0 Å². The van der Waals surface area contributed by atoms with Gasteiger partial charge in [-0.15, -0.1) is 0 Å². The zero-order chi connectivity index (χ0) is 41.0. The molecule has 18 heteroatoms. The fraction of sp³-hybridized carbons (Fsp3) is 0.289. The van der Waals surface area contributed by atoms with E-state index in [1.807, 2.05) is 0 Å². The minimum absolute atomic E-state index is 0.0696. The molecule has 0 aliphatic carbocycles. The van der Waals surface area contributed by atoms with E-state index in [1.165, 1.54) is 59.0 Å². The molecule has 0 unspecified atom stereocenters. The third-order valence-electron chi connectivity index (χ3n) is 9.25. The molecule has 56 heavy (non-hydrogen) atoms. The second kappa shape index (κ2) is 16.4. The maximum Gasteiger partial charge on any atom is 0.416 e. The van der Waals surface area contributed by atoms with Crippen LogP contribution in [-0.2, 0) is 28.1 Å². The number of amides is 2. The average Bonchev–Trinajstić information content (AvgIpc) is 3.68. The minimum atomic E-state index is -4.67. The zero-order valence-corrected chi connectivity index (χ0v) is 31.7. The smallest absolute Gasteiger partial charge is 0.416 e. The Morgan fingerprint density at radius 2 is 1.64 bits per heavy atom. The van der Waals surface area contributed by atoms with Crippen LogP contribution in [0.3, 0.4) is 0 Å². The highest BCUT2D eigenvalue weighted by atomic mass is 32.2. The van der Waals surface area contributed by atoms with Gasteiger partial charge >= 0.3 is 6.18 Å². The first-order valence-corrected chi connectivity index (χ1v) is 18.7. The van der Waals surface area contributed by atoms with E-state index in [0.717, 1.165) is 40.8 Å². The maximum atomic E-state index is 14.0. The Labute approximate surface area is 321 Å². The van der Waals surface area contributed by atoms with Crippen molar-refractivity contribution in [3.63, 3.8) is 0 Å². The first-order chi connectivity index (χ1) is 26.3. The first-order valence-electron chi connectivity index (χ1n) is 17.3. The molecule has 2 aromatic heterocycles. The normalized spacial score (nSPS) is 14.8. The topological polar surface area (TPSA) is 156 Å². The van der Waals surface area contributed by atoms with Crippen LogP contribution in [0.2, 0.25) is 0 Å². The van der Waals surface area contributed by atoms with Gasteiger partial charge in [-0.1, -0.05) is 36.4 Å². The quantitative estimate of drug-likeness (QED) is 0.143. The summed E-state index contributed by atoms with van der Waals surface area (Å²) in [5.74, 6) is -1.15.